The number of benzene rings is 3. The Morgan fingerprint density at radius 3 is 1.96 bits per heavy atom. The van der Waals surface area contributed by atoms with Crippen molar-refractivity contribution in [2.45, 2.75) is 72.8 Å². The van der Waals surface area contributed by atoms with Gasteiger partial charge in [0.2, 0.25) is 0 Å². The van der Waals surface area contributed by atoms with Gasteiger partial charge in [-0.05, 0) is 81.9 Å². The van der Waals surface area contributed by atoms with Crippen molar-refractivity contribution in [3.05, 3.63) is 111 Å². The summed E-state index contributed by atoms with van der Waals surface area (Å²) in [4.78, 5) is 43.6. The molecule has 2 aliphatic carbocycles. The molecule has 0 spiro atoms. The van der Waals surface area contributed by atoms with E-state index in [-0.39, 0.29) is 34.9 Å². The summed E-state index contributed by atoms with van der Waals surface area (Å²) in [7, 11) is 0. The lowest BCUT2D eigenvalue weighted by atomic mass is 9.63. The van der Waals surface area contributed by atoms with Gasteiger partial charge in [0, 0.05) is 53.5 Å². The average molecular weight is 712 g/mol. The molecule has 0 atom stereocenters. The zero-order chi connectivity index (χ0) is 34.2. The van der Waals surface area contributed by atoms with Gasteiger partial charge in [0.05, 0.1) is 11.1 Å². The number of hydrogen-bond acceptors (Lipinski definition) is 6. The standard InChI is InChI=1S/C40H43BrN2O5/c1-6-47-33-18-26(17-28(41)38(33)48-24-34(46)42-27-15-11-8-12-16-27)35-36-29(19-39(2,3)21-31(36)44)43(23-25-13-9-7-10-14-25)30-20-40(4,5)22-32(45)37(30)35/h7-18,35H,6,19-24H2,1-5H3,(H,42,46). The predicted octanol–water partition coefficient (Wildman–Crippen LogP) is 8.75. The van der Waals surface area contributed by atoms with Gasteiger partial charge in [-0.1, -0.05) is 76.2 Å². The number of ether oxygens (including phenoxy) is 2. The molecule has 1 aliphatic heterocycles. The monoisotopic (exact) mass is 710 g/mol. The van der Waals surface area contributed by atoms with Crippen LogP contribution in [0.15, 0.2) is 99.8 Å². The molecule has 48 heavy (non-hydrogen) atoms. The number of nitrogens with one attached hydrogen (secondary N) is 1. The molecule has 250 valence electrons. The van der Waals surface area contributed by atoms with Crippen molar-refractivity contribution in [2.24, 2.45) is 10.8 Å². The molecule has 0 radical (unpaired) electrons. The maximum Gasteiger partial charge on any atom is 0.262 e. The van der Waals surface area contributed by atoms with Crippen LogP contribution in [0.5, 0.6) is 11.5 Å². The van der Waals surface area contributed by atoms with E-state index in [9.17, 15) is 14.4 Å². The molecule has 8 heteroatoms. The van der Waals surface area contributed by atoms with Crippen molar-refractivity contribution in [1.29, 1.82) is 0 Å². The number of halogens is 1. The zero-order valence-electron chi connectivity index (χ0n) is 28.3. The summed E-state index contributed by atoms with van der Waals surface area (Å²) in [5.74, 6) is 0.125. The van der Waals surface area contributed by atoms with Crippen LogP contribution in [-0.4, -0.2) is 35.6 Å². The van der Waals surface area contributed by atoms with Gasteiger partial charge in [0.25, 0.3) is 5.91 Å². The average Bonchev–Trinajstić information content (AvgIpc) is 3.01. The number of Topliss-reactive ketones (excluding diaryl/α,β-unsaturated/α-hetero) is 2. The second-order valence-corrected chi connectivity index (χ2v) is 15.4. The number of rotatable bonds is 9. The van der Waals surface area contributed by atoms with Crippen LogP contribution < -0.4 is 14.8 Å². The number of allylic oxidation sites excluding steroid dienone is 4. The molecule has 3 aliphatic rings. The third-order valence-electron chi connectivity index (χ3n) is 9.28. The van der Waals surface area contributed by atoms with Gasteiger partial charge >= 0.3 is 0 Å². The summed E-state index contributed by atoms with van der Waals surface area (Å²) in [5.41, 5.74) is 5.53. The molecule has 1 heterocycles. The lowest BCUT2D eigenvalue weighted by Gasteiger charge is -2.49. The molecule has 0 saturated heterocycles. The fraction of sp³-hybridized carbons (Fsp3) is 0.375. The topological polar surface area (TPSA) is 84.9 Å². The number of hydrogen-bond donors (Lipinski definition) is 1. The van der Waals surface area contributed by atoms with E-state index in [4.69, 9.17) is 9.47 Å². The minimum absolute atomic E-state index is 0.0699. The molecule has 3 aromatic carbocycles. The second kappa shape index (κ2) is 13.4. The smallest absolute Gasteiger partial charge is 0.262 e. The van der Waals surface area contributed by atoms with Gasteiger partial charge < -0.3 is 19.7 Å². The summed E-state index contributed by atoms with van der Waals surface area (Å²) < 4.78 is 12.7. The highest BCUT2D eigenvalue weighted by molar-refractivity contribution is 9.10. The molecule has 0 unspecified atom stereocenters. The first-order valence-corrected chi connectivity index (χ1v) is 17.4. The normalized spacial score (nSPS) is 18.8. The van der Waals surface area contributed by atoms with Crippen molar-refractivity contribution in [2.75, 3.05) is 18.5 Å². The third-order valence-corrected chi connectivity index (χ3v) is 9.86. The molecular weight excluding hydrogens is 668 g/mol. The first-order valence-electron chi connectivity index (χ1n) is 16.6. The quantitative estimate of drug-likeness (QED) is 0.239. The number of ketones is 2. The van der Waals surface area contributed by atoms with Crippen LogP contribution in [0.2, 0.25) is 0 Å². The first kappa shape index (κ1) is 33.7. The Morgan fingerprint density at radius 2 is 1.40 bits per heavy atom. The van der Waals surface area contributed by atoms with Crippen LogP contribution in [0.1, 0.15) is 77.3 Å². The highest BCUT2D eigenvalue weighted by atomic mass is 79.9. The molecule has 0 fully saturated rings. The SMILES string of the molecule is CCOc1cc(C2C3=C(CC(C)(C)CC3=O)N(Cc3ccccc3)C3=C2C(=O)CC(C)(C)C3)cc(Br)c1OCC(=O)Nc1ccccc1. The van der Waals surface area contributed by atoms with E-state index in [0.29, 0.717) is 58.8 Å². The van der Waals surface area contributed by atoms with Crippen molar-refractivity contribution in [1.82, 2.24) is 4.90 Å². The van der Waals surface area contributed by atoms with E-state index in [1.807, 2.05) is 67.6 Å². The summed E-state index contributed by atoms with van der Waals surface area (Å²) in [5, 5.41) is 2.84. The lowest BCUT2D eigenvalue weighted by Crippen LogP contribution is -2.44. The van der Waals surface area contributed by atoms with Gasteiger partial charge in [-0.25, -0.2) is 0 Å². The van der Waals surface area contributed by atoms with Gasteiger partial charge in [-0.2, -0.15) is 0 Å². The van der Waals surface area contributed by atoms with Crippen LogP contribution in [0, 0.1) is 10.8 Å². The largest absolute Gasteiger partial charge is 0.490 e. The minimum Gasteiger partial charge on any atom is -0.490 e. The summed E-state index contributed by atoms with van der Waals surface area (Å²) in [6.45, 7) is 11.2. The summed E-state index contributed by atoms with van der Waals surface area (Å²) in [6, 6.07) is 23.3. The minimum atomic E-state index is -0.542. The molecule has 0 aromatic heterocycles. The molecular formula is C40H43BrN2O5. The number of amides is 1. The summed E-state index contributed by atoms with van der Waals surface area (Å²) >= 11 is 3.70. The molecule has 3 aromatic rings. The number of nitrogens with zero attached hydrogens (tertiary/aromatic N) is 1. The zero-order valence-corrected chi connectivity index (χ0v) is 29.9. The van der Waals surface area contributed by atoms with E-state index in [0.717, 1.165) is 35.4 Å². The van der Waals surface area contributed by atoms with Gasteiger partial charge in [-0.15, -0.1) is 0 Å². The van der Waals surface area contributed by atoms with E-state index >= 15 is 0 Å². The van der Waals surface area contributed by atoms with Crippen LogP contribution in [0.3, 0.4) is 0 Å². The van der Waals surface area contributed by atoms with Crippen molar-refractivity contribution < 1.29 is 23.9 Å². The van der Waals surface area contributed by atoms with E-state index < -0.39 is 5.92 Å². The van der Waals surface area contributed by atoms with E-state index in [2.05, 4.69) is 66.0 Å². The number of carbonyl (C=O) groups is 3. The molecule has 0 saturated carbocycles. The molecule has 6 rings (SSSR count). The van der Waals surface area contributed by atoms with E-state index in [1.54, 1.807) is 0 Å². The Labute approximate surface area is 291 Å². The first-order chi connectivity index (χ1) is 22.9. The number of carbonyl (C=O) groups excluding carboxylic acids is 3. The number of anilines is 1. The lowest BCUT2D eigenvalue weighted by molar-refractivity contribution is -0.120. The van der Waals surface area contributed by atoms with Gasteiger partial charge in [0.1, 0.15) is 0 Å². The summed E-state index contributed by atoms with van der Waals surface area (Å²) in [6.07, 6.45) is 2.25. The fourth-order valence-corrected chi connectivity index (χ4v) is 7.93. The Kier molecular flexibility index (Phi) is 9.40. The maximum absolute atomic E-state index is 14.3. The Hall–Kier alpha value is -4.17. The predicted molar refractivity (Wildman–Crippen MR) is 191 cm³/mol. The van der Waals surface area contributed by atoms with Crippen molar-refractivity contribution >= 4 is 39.1 Å². The highest BCUT2D eigenvalue weighted by Crippen LogP contribution is 2.55. The van der Waals surface area contributed by atoms with Gasteiger partial charge in [-0.3, -0.25) is 14.4 Å². The fourth-order valence-electron chi connectivity index (χ4n) is 7.35. The molecule has 0 bridgehead atoms. The highest BCUT2D eigenvalue weighted by Gasteiger charge is 2.49. The Balaban J connectivity index is 1.45. The van der Waals surface area contributed by atoms with Crippen molar-refractivity contribution in [3.8, 4) is 11.5 Å². The van der Waals surface area contributed by atoms with Crippen LogP contribution in [0.4, 0.5) is 5.69 Å². The third kappa shape index (κ3) is 7.00. The van der Waals surface area contributed by atoms with Gasteiger partial charge in [0.15, 0.2) is 29.7 Å². The second-order valence-electron chi connectivity index (χ2n) is 14.6. The van der Waals surface area contributed by atoms with Crippen LogP contribution in [-0.2, 0) is 20.9 Å². The Bertz CT molecular complexity index is 1760. The van der Waals surface area contributed by atoms with E-state index in [1.165, 1.54) is 0 Å². The molecule has 7 nitrogen and oxygen atoms in total. The van der Waals surface area contributed by atoms with Crippen LogP contribution in [0.25, 0.3) is 0 Å². The Morgan fingerprint density at radius 1 is 0.833 bits per heavy atom. The molecule has 1 N–H and O–H groups in total. The number of para-hydroxylation sites is 1. The maximum atomic E-state index is 14.3. The van der Waals surface area contributed by atoms with Crippen LogP contribution >= 0.6 is 15.9 Å². The van der Waals surface area contributed by atoms with Crippen molar-refractivity contribution in [3.63, 3.8) is 0 Å². The molecule has 1 amide bonds.